The van der Waals surface area contributed by atoms with Crippen molar-refractivity contribution < 1.29 is 8.82 Å². The molecule has 208 valence electrons. The summed E-state index contributed by atoms with van der Waals surface area (Å²) in [4.78, 5) is 11.6. The molecule has 0 bridgehead atoms. The van der Waals surface area contributed by atoms with Crippen LogP contribution in [-0.4, -0.2) is 36.1 Å². The number of halogens is 4. The van der Waals surface area contributed by atoms with Crippen molar-refractivity contribution in [2.45, 2.75) is 27.7 Å². The first-order chi connectivity index (χ1) is 17.7. The van der Waals surface area contributed by atoms with Gasteiger partial charge in [-0.15, -0.1) is 0 Å². The van der Waals surface area contributed by atoms with Gasteiger partial charge in [0.15, 0.2) is 0 Å². The van der Waals surface area contributed by atoms with E-state index < -0.39 is 8.82 Å². The summed E-state index contributed by atoms with van der Waals surface area (Å²) < 4.78 is 4.57. The van der Waals surface area contributed by atoms with Crippen molar-refractivity contribution in [3.05, 3.63) is 70.3 Å². The summed E-state index contributed by atoms with van der Waals surface area (Å²) in [6, 6.07) is 20.7. The molecule has 0 amide bonds. The molecule has 2 aromatic carbocycles. The Kier molecular flexibility index (Phi) is 15.4. The predicted molar refractivity (Wildman–Crippen MR) is 167 cm³/mol. The standard InChI is InChI=1S/2C12H15N2S2.4ClH.Ni/c2*1-3-14(4-2)12-13-11(15-16-12)10-8-6-5-7-9-10;;;;;/h2*5-9H,3-4H2,1-2H3;4*1H;/q2*+1;;;;;+2/p-4. The van der Waals surface area contributed by atoms with Crippen LogP contribution in [0.4, 0.5) is 0 Å². The average Bonchev–Trinajstić information content (AvgIpc) is 3.57. The van der Waals surface area contributed by atoms with Crippen molar-refractivity contribution in [3.8, 4) is 21.1 Å². The molecular weight excluding hydrogens is 673 g/mol. The van der Waals surface area contributed by atoms with Crippen LogP contribution < -0.4 is 18.8 Å². The van der Waals surface area contributed by atoms with Crippen molar-refractivity contribution in [2.75, 3.05) is 26.2 Å². The molecule has 0 N–H and O–H groups in total. The SMILES string of the molecule is CC[N+](CC)=c1nc(-c2ccccc2)ss1.CC[N+](CC)=c1nc(-c2ccccc2)ss1.[Cl][Ni-2]([Cl])([Cl])[Cl]. The van der Waals surface area contributed by atoms with Crippen molar-refractivity contribution in [2.24, 2.45) is 0 Å². The van der Waals surface area contributed by atoms with E-state index in [2.05, 4.69) is 95.3 Å². The number of nitrogens with zero attached hydrogens (tertiary/aromatic N) is 4. The van der Waals surface area contributed by atoms with Gasteiger partial charge in [0.25, 0.3) is 0 Å². The molecule has 0 saturated carbocycles. The van der Waals surface area contributed by atoms with E-state index in [1.807, 2.05) is 12.1 Å². The molecular formula is C24H30Cl4N4NiS4. The van der Waals surface area contributed by atoms with Gasteiger partial charge in [-0.1, -0.05) is 36.4 Å². The van der Waals surface area contributed by atoms with Crippen LogP contribution in [0.3, 0.4) is 0 Å². The zero-order chi connectivity index (χ0) is 27.3. The fraction of sp³-hybridized carbons (Fsp3) is 0.333. The first-order valence-corrected chi connectivity index (χ1v) is 21.1. The Bertz CT molecular complexity index is 1210. The monoisotopic (exact) mass is 700 g/mol. The Morgan fingerprint density at radius 1 is 0.568 bits per heavy atom. The molecule has 0 unspecified atom stereocenters. The summed E-state index contributed by atoms with van der Waals surface area (Å²) >= 11 is 0. The summed E-state index contributed by atoms with van der Waals surface area (Å²) in [5.41, 5.74) is 2.42. The summed E-state index contributed by atoms with van der Waals surface area (Å²) in [6.45, 7) is 12.7. The second kappa shape index (κ2) is 17.4. The van der Waals surface area contributed by atoms with Gasteiger partial charge in [-0.05, 0) is 82.6 Å². The third-order valence-corrected chi connectivity index (χ3v) is 9.37. The van der Waals surface area contributed by atoms with Crippen LogP contribution >= 0.6 is 82.1 Å². The van der Waals surface area contributed by atoms with E-state index in [4.69, 9.17) is 40.8 Å². The zero-order valence-corrected chi connectivity index (χ0v) is 28.1. The van der Waals surface area contributed by atoms with Gasteiger partial charge in [-0.25, -0.2) is 9.15 Å². The van der Waals surface area contributed by atoms with E-state index in [1.54, 1.807) is 41.4 Å². The summed E-state index contributed by atoms with van der Waals surface area (Å²) in [5.74, 6) is 0. The molecule has 0 spiro atoms. The molecule has 4 nitrogen and oxygen atoms in total. The van der Waals surface area contributed by atoms with Gasteiger partial charge in [-0.3, -0.25) is 0 Å². The Labute approximate surface area is 253 Å². The van der Waals surface area contributed by atoms with Gasteiger partial charge in [0.05, 0.1) is 26.2 Å². The van der Waals surface area contributed by atoms with Crippen molar-refractivity contribution in [1.82, 2.24) is 19.1 Å². The number of aromatic nitrogens is 2. The van der Waals surface area contributed by atoms with Crippen LogP contribution in [0.15, 0.2) is 60.7 Å². The molecule has 0 aliphatic rings. The second-order valence-electron chi connectivity index (χ2n) is 7.08. The number of benzene rings is 2. The van der Waals surface area contributed by atoms with Gasteiger partial charge in [0.1, 0.15) is 0 Å². The summed E-state index contributed by atoms with van der Waals surface area (Å²) in [7, 11) is 24.3. The summed E-state index contributed by atoms with van der Waals surface area (Å²) in [5, 5.41) is 2.24. The number of hydrogen-bond donors (Lipinski definition) is 0. The van der Waals surface area contributed by atoms with Gasteiger partial charge in [0.2, 0.25) is 10.0 Å². The maximum atomic E-state index is 4.92. The Balaban J connectivity index is 0.000000221. The van der Waals surface area contributed by atoms with Crippen molar-refractivity contribution >= 4 is 82.1 Å². The zero-order valence-electron chi connectivity index (χ0n) is 20.9. The molecule has 37 heavy (non-hydrogen) atoms. The van der Waals surface area contributed by atoms with Crippen LogP contribution in [0.1, 0.15) is 27.7 Å². The molecule has 4 aromatic rings. The molecule has 2 aromatic heterocycles. The molecule has 0 radical (unpaired) electrons. The predicted octanol–water partition coefficient (Wildman–Crippen LogP) is 8.12. The Hall–Kier alpha value is -0.346. The van der Waals surface area contributed by atoms with E-state index in [-0.39, 0.29) is 0 Å². The molecule has 0 aliphatic heterocycles. The number of hydrogen-bond acceptors (Lipinski definition) is 6. The molecule has 13 heteroatoms. The van der Waals surface area contributed by atoms with E-state index in [1.165, 1.54) is 11.1 Å². The molecule has 0 aliphatic carbocycles. The molecule has 4 rings (SSSR count). The molecule has 0 fully saturated rings. The van der Waals surface area contributed by atoms with Crippen LogP contribution in [0, 0.1) is 0 Å². The topological polar surface area (TPSA) is 31.8 Å². The van der Waals surface area contributed by atoms with E-state index >= 15 is 0 Å². The Morgan fingerprint density at radius 3 is 1.14 bits per heavy atom. The van der Waals surface area contributed by atoms with Crippen LogP contribution in [0.2, 0.25) is 0 Å². The average molecular weight is 703 g/mol. The fourth-order valence-corrected chi connectivity index (χ4v) is 7.72. The van der Waals surface area contributed by atoms with E-state index in [0.29, 0.717) is 0 Å². The quantitative estimate of drug-likeness (QED) is 0.116. The number of rotatable bonds is 6. The second-order valence-corrected chi connectivity index (χ2v) is 21.0. The van der Waals surface area contributed by atoms with E-state index in [0.717, 1.165) is 45.8 Å². The van der Waals surface area contributed by atoms with Crippen LogP contribution in [0.25, 0.3) is 21.1 Å². The van der Waals surface area contributed by atoms with Crippen LogP contribution in [0.5, 0.6) is 0 Å². The minimum atomic E-state index is -2.36. The van der Waals surface area contributed by atoms with Crippen molar-refractivity contribution in [1.29, 1.82) is 0 Å². The molecule has 2 heterocycles. The van der Waals surface area contributed by atoms with Gasteiger partial charge < -0.3 is 0 Å². The third-order valence-electron chi connectivity index (χ3n) is 4.89. The van der Waals surface area contributed by atoms with Crippen molar-refractivity contribution in [3.63, 3.8) is 0 Å². The van der Waals surface area contributed by atoms with Gasteiger partial charge in [0, 0.05) is 31.8 Å². The van der Waals surface area contributed by atoms with Crippen LogP contribution in [-0.2, 0) is 8.82 Å². The van der Waals surface area contributed by atoms with Gasteiger partial charge >= 0.3 is 59.2 Å². The maximum absolute atomic E-state index is 4.92. The third kappa shape index (κ3) is 12.1. The normalized spacial score (nSPS) is 11.0. The molecule has 0 saturated heterocycles. The van der Waals surface area contributed by atoms with Gasteiger partial charge in [-0.2, -0.15) is 0 Å². The Morgan fingerprint density at radius 2 is 0.865 bits per heavy atom. The minimum absolute atomic E-state index is 1.02. The molecule has 0 atom stereocenters. The first kappa shape index (κ1) is 32.9. The fourth-order valence-electron chi connectivity index (χ4n) is 3.02. The summed E-state index contributed by atoms with van der Waals surface area (Å²) in [6.07, 6.45) is 0. The first-order valence-electron chi connectivity index (χ1n) is 11.4. The van der Waals surface area contributed by atoms with E-state index in [9.17, 15) is 0 Å².